The molecule has 1 aromatic carbocycles. The van der Waals surface area contributed by atoms with Crippen molar-refractivity contribution in [3.8, 4) is 11.5 Å². The number of hydrogen-bond donors (Lipinski definition) is 1. The Kier molecular flexibility index (Phi) is 4.23. The molecule has 0 amide bonds. The largest absolute Gasteiger partial charge is 0.490 e. The van der Waals surface area contributed by atoms with E-state index in [9.17, 15) is 0 Å². The minimum Gasteiger partial charge on any atom is -0.490 e. The van der Waals surface area contributed by atoms with Gasteiger partial charge in [-0.1, -0.05) is 6.07 Å². The Morgan fingerprint density at radius 3 is 2.94 bits per heavy atom. The molecule has 1 fully saturated rings. The molecule has 94 valence electrons. The molecule has 4 nitrogen and oxygen atoms in total. The quantitative estimate of drug-likeness (QED) is 0.849. The van der Waals surface area contributed by atoms with E-state index in [4.69, 9.17) is 19.3 Å². The molecule has 1 unspecified atom stereocenters. The van der Waals surface area contributed by atoms with Gasteiger partial charge in [-0.15, -0.1) is 0 Å². The maximum absolute atomic E-state index is 9.09. The average molecular weight is 238 g/mol. The fraction of sp³-hybridized carbons (Fsp3) is 0.538. The van der Waals surface area contributed by atoms with Crippen molar-refractivity contribution >= 4 is 0 Å². The molecule has 1 N–H and O–H groups in total. The zero-order valence-electron chi connectivity index (χ0n) is 10.0. The standard InChI is InChI=1S/C13H18O4/c1-2-16-13-7-10(8-14)3-4-12(13)17-11-5-6-15-9-11/h3-4,7,11,14H,2,5-6,8-9H2,1H3. The Balaban J connectivity index is 2.12. The highest BCUT2D eigenvalue weighted by Gasteiger charge is 2.19. The van der Waals surface area contributed by atoms with Gasteiger partial charge in [0.25, 0.3) is 0 Å². The van der Waals surface area contributed by atoms with Crippen LogP contribution < -0.4 is 9.47 Å². The Labute approximate surface area is 101 Å². The third-order valence-electron chi connectivity index (χ3n) is 2.67. The van der Waals surface area contributed by atoms with E-state index in [1.165, 1.54) is 0 Å². The van der Waals surface area contributed by atoms with Crippen molar-refractivity contribution in [1.29, 1.82) is 0 Å². The average Bonchev–Trinajstić information content (AvgIpc) is 2.84. The molecule has 1 aromatic rings. The molecular weight excluding hydrogens is 220 g/mol. The van der Waals surface area contributed by atoms with Crippen LogP contribution in [0.15, 0.2) is 18.2 Å². The van der Waals surface area contributed by atoms with Crippen LogP contribution in [0.5, 0.6) is 11.5 Å². The summed E-state index contributed by atoms with van der Waals surface area (Å²) in [5.74, 6) is 1.41. The second kappa shape index (κ2) is 5.89. The first kappa shape index (κ1) is 12.2. The number of aliphatic hydroxyl groups is 1. The van der Waals surface area contributed by atoms with Gasteiger partial charge in [0.2, 0.25) is 0 Å². The number of ether oxygens (including phenoxy) is 3. The summed E-state index contributed by atoms with van der Waals surface area (Å²) in [4.78, 5) is 0. The fourth-order valence-electron chi connectivity index (χ4n) is 1.80. The Morgan fingerprint density at radius 1 is 1.41 bits per heavy atom. The topological polar surface area (TPSA) is 47.9 Å². The van der Waals surface area contributed by atoms with Crippen molar-refractivity contribution in [2.75, 3.05) is 19.8 Å². The number of aliphatic hydroxyl groups excluding tert-OH is 1. The van der Waals surface area contributed by atoms with Crippen LogP contribution in [0, 0.1) is 0 Å². The molecule has 1 atom stereocenters. The molecular formula is C13H18O4. The second-order valence-electron chi connectivity index (χ2n) is 3.98. The molecule has 0 spiro atoms. The molecule has 1 aliphatic heterocycles. The van der Waals surface area contributed by atoms with Gasteiger partial charge in [0.1, 0.15) is 6.10 Å². The summed E-state index contributed by atoms with van der Waals surface area (Å²) >= 11 is 0. The lowest BCUT2D eigenvalue weighted by Gasteiger charge is -2.16. The van der Waals surface area contributed by atoms with E-state index in [1.54, 1.807) is 0 Å². The lowest BCUT2D eigenvalue weighted by atomic mass is 10.2. The van der Waals surface area contributed by atoms with E-state index in [0.717, 1.165) is 24.3 Å². The van der Waals surface area contributed by atoms with Crippen LogP contribution in [-0.4, -0.2) is 31.0 Å². The van der Waals surface area contributed by atoms with E-state index in [2.05, 4.69) is 0 Å². The van der Waals surface area contributed by atoms with Crippen LogP contribution >= 0.6 is 0 Å². The normalized spacial score (nSPS) is 19.3. The van der Waals surface area contributed by atoms with Crippen LogP contribution in [-0.2, 0) is 11.3 Å². The van der Waals surface area contributed by atoms with Crippen LogP contribution in [0.1, 0.15) is 18.9 Å². The molecule has 0 aliphatic carbocycles. The van der Waals surface area contributed by atoms with Gasteiger partial charge >= 0.3 is 0 Å². The highest BCUT2D eigenvalue weighted by molar-refractivity contribution is 5.43. The highest BCUT2D eigenvalue weighted by Crippen LogP contribution is 2.30. The second-order valence-corrected chi connectivity index (χ2v) is 3.98. The predicted molar refractivity (Wildman–Crippen MR) is 63.4 cm³/mol. The summed E-state index contributed by atoms with van der Waals surface area (Å²) in [5, 5.41) is 9.09. The number of hydrogen-bond acceptors (Lipinski definition) is 4. The first-order chi connectivity index (χ1) is 8.33. The van der Waals surface area contributed by atoms with Crippen LogP contribution in [0.3, 0.4) is 0 Å². The van der Waals surface area contributed by atoms with Gasteiger partial charge in [-0.25, -0.2) is 0 Å². The highest BCUT2D eigenvalue weighted by atomic mass is 16.6. The van der Waals surface area contributed by atoms with Gasteiger partial charge in [0.15, 0.2) is 11.5 Å². The lowest BCUT2D eigenvalue weighted by Crippen LogP contribution is -2.16. The van der Waals surface area contributed by atoms with Gasteiger partial charge in [0.05, 0.1) is 26.4 Å². The summed E-state index contributed by atoms with van der Waals surface area (Å²) < 4.78 is 16.6. The van der Waals surface area contributed by atoms with Crippen LogP contribution in [0.2, 0.25) is 0 Å². The summed E-state index contributed by atoms with van der Waals surface area (Å²) in [7, 11) is 0. The van der Waals surface area contributed by atoms with E-state index in [1.807, 2.05) is 25.1 Å². The number of rotatable bonds is 5. The lowest BCUT2D eigenvalue weighted by molar-refractivity contribution is 0.137. The van der Waals surface area contributed by atoms with E-state index >= 15 is 0 Å². The molecule has 1 aliphatic rings. The Bertz CT molecular complexity index is 358. The molecule has 0 radical (unpaired) electrons. The van der Waals surface area contributed by atoms with Gasteiger partial charge in [-0.3, -0.25) is 0 Å². The number of benzene rings is 1. The minimum absolute atomic E-state index is 0.00684. The van der Waals surface area contributed by atoms with Gasteiger partial charge in [0, 0.05) is 6.42 Å². The first-order valence-corrected chi connectivity index (χ1v) is 5.94. The SMILES string of the molecule is CCOc1cc(CO)ccc1OC1CCOC1. The monoisotopic (exact) mass is 238 g/mol. The van der Waals surface area contributed by atoms with Gasteiger partial charge < -0.3 is 19.3 Å². The molecule has 2 rings (SSSR count). The van der Waals surface area contributed by atoms with E-state index in [0.29, 0.717) is 19.0 Å². The Morgan fingerprint density at radius 2 is 2.29 bits per heavy atom. The van der Waals surface area contributed by atoms with Crippen LogP contribution in [0.4, 0.5) is 0 Å². The van der Waals surface area contributed by atoms with Crippen molar-refractivity contribution in [3.05, 3.63) is 23.8 Å². The van der Waals surface area contributed by atoms with Gasteiger partial charge in [-0.2, -0.15) is 0 Å². The van der Waals surface area contributed by atoms with Crippen molar-refractivity contribution in [3.63, 3.8) is 0 Å². The van der Waals surface area contributed by atoms with Gasteiger partial charge in [-0.05, 0) is 24.6 Å². The molecule has 0 saturated carbocycles. The molecule has 0 bridgehead atoms. The third-order valence-corrected chi connectivity index (χ3v) is 2.67. The van der Waals surface area contributed by atoms with Crippen molar-refractivity contribution in [2.24, 2.45) is 0 Å². The summed E-state index contributed by atoms with van der Waals surface area (Å²) in [6, 6.07) is 5.50. The summed E-state index contributed by atoms with van der Waals surface area (Å²) in [6.45, 7) is 3.89. The maximum Gasteiger partial charge on any atom is 0.161 e. The van der Waals surface area contributed by atoms with Crippen LogP contribution in [0.25, 0.3) is 0 Å². The molecule has 4 heteroatoms. The fourth-order valence-corrected chi connectivity index (χ4v) is 1.80. The molecule has 1 saturated heterocycles. The van der Waals surface area contributed by atoms with Crippen molar-refractivity contribution in [2.45, 2.75) is 26.1 Å². The van der Waals surface area contributed by atoms with Crippen molar-refractivity contribution in [1.82, 2.24) is 0 Å². The predicted octanol–water partition coefficient (Wildman–Crippen LogP) is 1.75. The first-order valence-electron chi connectivity index (χ1n) is 5.94. The van der Waals surface area contributed by atoms with Crippen molar-refractivity contribution < 1.29 is 19.3 Å². The van der Waals surface area contributed by atoms with E-state index in [-0.39, 0.29) is 12.7 Å². The minimum atomic E-state index is 0.00684. The third kappa shape index (κ3) is 3.11. The smallest absolute Gasteiger partial charge is 0.161 e. The molecule has 0 aromatic heterocycles. The molecule has 1 heterocycles. The Hall–Kier alpha value is -1.26. The summed E-state index contributed by atoms with van der Waals surface area (Å²) in [5.41, 5.74) is 0.823. The zero-order valence-corrected chi connectivity index (χ0v) is 10.0. The molecule has 17 heavy (non-hydrogen) atoms. The zero-order chi connectivity index (χ0) is 12.1. The maximum atomic E-state index is 9.09. The summed E-state index contributed by atoms with van der Waals surface area (Å²) in [6.07, 6.45) is 1.02. The van der Waals surface area contributed by atoms with E-state index < -0.39 is 0 Å².